The SMILES string of the molecule is O=Cc1ccc2c(c1)[C@H](c1cc(O)cc3c1[C@H](c1cc(O)cc(O)c1)[C@@H](c1ccc(O)cc1)O3)[C@H](c1ccc(O)cc1)O2. The Hall–Kier alpha value is -5.63. The average molecular weight is 575 g/mol. The molecular formula is C35H26O8. The predicted molar refractivity (Wildman–Crippen MR) is 156 cm³/mol. The monoisotopic (exact) mass is 574 g/mol. The van der Waals surface area contributed by atoms with Crippen molar-refractivity contribution in [2.24, 2.45) is 0 Å². The second-order valence-corrected chi connectivity index (χ2v) is 10.9. The Bertz CT molecular complexity index is 1840. The van der Waals surface area contributed by atoms with Crippen LogP contribution in [0.5, 0.6) is 40.2 Å². The number of fused-ring (bicyclic) bond motifs is 2. The van der Waals surface area contributed by atoms with Gasteiger partial charge in [0.1, 0.15) is 58.7 Å². The number of phenols is 5. The maximum absolute atomic E-state index is 11.8. The van der Waals surface area contributed by atoms with Crippen LogP contribution in [-0.2, 0) is 0 Å². The Balaban J connectivity index is 1.48. The van der Waals surface area contributed by atoms with Crippen LogP contribution in [-0.4, -0.2) is 31.8 Å². The van der Waals surface area contributed by atoms with Crippen LogP contribution in [0.15, 0.2) is 97.1 Å². The molecule has 5 aromatic rings. The van der Waals surface area contributed by atoms with Gasteiger partial charge < -0.3 is 35.0 Å². The van der Waals surface area contributed by atoms with Crippen LogP contribution in [0.3, 0.4) is 0 Å². The third-order valence-electron chi connectivity index (χ3n) is 8.15. The zero-order chi connectivity index (χ0) is 29.8. The van der Waals surface area contributed by atoms with Crippen LogP contribution in [0.4, 0.5) is 0 Å². The van der Waals surface area contributed by atoms with E-state index in [4.69, 9.17) is 9.47 Å². The van der Waals surface area contributed by atoms with Gasteiger partial charge in [0.15, 0.2) is 0 Å². The number of phenolic OH excluding ortho intramolecular Hbond substituents is 5. The number of hydrogen-bond acceptors (Lipinski definition) is 8. The lowest BCUT2D eigenvalue weighted by Gasteiger charge is -2.26. The van der Waals surface area contributed by atoms with Crippen molar-refractivity contribution in [3.63, 3.8) is 0 Å². The van der Waals surface area contributed by atoms with Crippen LogP contribution in [0.1, 0.15) is 67.8 Å². The first-order valence-electron chi connectivity index (χ1n) is 13.7. The van der Waals surface area contributed by atoms with E-state index >= 15 is 0 Å². The van der Waals surface area contributed by atoms with Gasteiger partial charge >= 0.3 is 0 Å². The standard InChI is InChI=1S/C35H26O8/c36-17-18-1-10-29-27(11-18)32(35(42-29)20-4-8-23(38)9-5-20)28-15-26(41)16-30-33(28)31(21-12-24(39)14-25(40)13-21)34(43-30)19-2-6-22(37)7-3-19/h1-17,31-32,34-35,37-41H/t31-,32+,34+,35-/m0/s1. The fourth-order valence-electron chi connectivity index (χ4n) is 6.35. The van der Waals surface area contributed by atoms with E-state index in [2.05, 4.69) is 0 Å². The van der Waals surface area contributed by atoms with Gasteiger partial charge in [0.05, 0.1) is 11.8 Å². The summed E-state index contributed by atoms with van der Waals surface area (Å²) in [6, 6.07) is 26.0. The van der Waals surface area contributed by atoms with Crippen LogP contribution in [0.2, 0.25) is 0 Å². The quantitative estimate of drug-likeness (QED) is 0.149. The largest absolute Gasteiger partial charge is 0.508 e. The van der Waals surface area contributed by atoms with Crippen molar-refractivity contribution in [3.8, 4) is 40.2 Å². The number of carbonyl (C=O) groups is 1. The van der Waals surface area contributed by atoms with Crippen molar-refractivity contribution in [2.75, 3.05) is 0 Å². The lowest BCUT2D eigenvalue weighted by Crippen LogP contribution is -2.16. The highest BCUT2D eigenvalue weighted by Gasteiger charge is 2.45. The van der Waals surface area contributed by atoms with E-state index in [0.717, 1.165) is 23.0 Å². The molecule has 2 aliphatic rings. The van der Waals surface area contributed by atoms with Crippen LogP contribution < -0.4 is 9.47 Å². The Morgan fingerprint density at radius 3 is 1.65 bits per heavy atom. The van der Waals surface area contributed by atoms with Gasteiger partial charge in [-0.25, -0.2) is 0 Å². The molecule has 0 saturated carbocycles. The Morgan fingerprint density at radius 1 is 0.488 bits per heavy atom. The lowest BCUT2D eigenvalue weighted by atomic mass is 9.76. The molecule has 0 fully saturated rings. The van der Waals surface area contributed by atoms with Crippen LogP contribution in [0.25, 0.3) is 0 Å². The molecule has 0 radical (unpaired) electrons. The van der Waals surface area contributed by atoms with E-state index in [-0.39, 0.29) is 28.7 Å². The van der Waals surface area contributed by atoms with Crippen molar-refractivity contribution >= 4 is 6.29 Å². The maximum Gasteiger partial charge on any atom is 0.150 e. The Labute approximate surface area is 246 Å². The summed E-state index contributed by atoms with van der Waals surface area (Å²) in [6.45, 7) is 0. The average Bonchev–Trinajstić information content (AvgIpc) is 3.55. The van der Waals surface area contributed by atoms with Crippen molar-refractivity contribution in [1.82, 2.24) is 0 Å². The van der Waals surface area contributed by atoms with E-state index in [1.807, 2.05) is 0 Å². The molecule has 8 heteroatoms. The molecule has 8 nitrogen and oxygen atoms in total. The van der Waals surface area contributed by atoms with Crippen LogP contribution >= 0.6 is 0 Å². The molecule has 0 amide bonds. The molecule has 0 bridgehead atoms. The highest BCUT2D eigenvalue weighted by atomic mass is 16.5. The third-order valence-corrected chi connectivity index (χ3v) is 8.15. The van der Waals surface area contributed by atoms with Gasteiger partial charge in [0.25, 0.3) is 0 Å². The molecule has 0 spiro atoms. The van der Waals surface area contributed by atoms with Crippen molar-refractivity contribution in [2.45, 2.75) is 24.0 Å². The highest BCUT2D eigenvalue weighted by molar-refractivity contribution is 5.76. The van der Waals surface area contributed by atoms with E-state index < -0.39 is 24.0 Å². The first kappa shape index (κ1) is 26.3. The molecule has 0 unspecified atom stereocenters. The summed E-state index contributed by atoms with van der Waals surface area (Å²) < 4.78 is 13.0. The van der Waals surface area contributed by atoms with E-state index in [0.29, 0.717) is 33.8 Å². The van der Waals surface area contributed by atoms with Crippen molar-refractivity contribution in [1.29, 1.82) is 0 Å². The van der Waals surface area contributed by atoms with Gasteiger partial charge in [-0.3, -0.25) is 4.79 Å². The van der Waals surface area contributed by atoms with Gasteiger partial charge in [-0.05, 0) is 82.9 Å². The minimum atomic E-state index is -0.646. The summed E-state index contributed by atoms with van der Waals surface area (Å²) in [4.78, 5) is 11.8. The van der Waals surface area contributed by atoms with Gasteiger partial charge in [0, 0.05) is 28.8 Å². The second kappa shape index (κ2) is 10.0. The number of rotatable bonds is 5. The normalized spacial score (nSPS) is 20.1. The van der Waals surface area contributed by atoms with Crippen molar-refractivity contribution in [3.05, 3.63) is 136 Å². The lowest BCUT2D eigenvalue weighted by molar-refractivity contribution is 0.112. The van der Waals surface area contributed by atoms with Gasteiger partial charge in [-0.1, -0.05) is 24.3 Å². The molecule has 5 N–H and O–H groups in total. The molecule has 43 heavy (non-hydrogen) atoms. The third kappa shape index (κ3) is 4.53. The van der Waals surface area contributed by atoms with E-state index in [9.17, 15) is 30.3 Å². The number of aldehydes is 1. The molecular weight excluding hydrogens is 548 g/mol. The molecule has 0 aliphatic carbocycles. The minimum absolute atomic E-state index is 0.0398. The van der Waals surface area contributed by atoms with Gasteiger partial charge in [-0.15, -0.1) is 0 Å². The Morgan fingerprint density at radius 2 is 1.05 bits per heavy atom. The zero-order valence-corrected chi connectivity index (χ0v) is 22.6. The van der Waals surface area contributed by atoms with E-state index in [1.165, 1.54) is 12.1 Å². The minimum Gasteiger partial charge on any atom is -0.508 e. The van der Waals surface area contributed by atoms with Crippen molar-refractivity contribution < 1.29 is 39.8 Å². The summed E-state index contributed by atoms with van der Waals surface area (Å²) in [6.07, 6.45) is -0.470. The number of aromatic hydroxyl groups is 5. The summed E-state index contributed by atoms with van der Waals surface area (Å²) in [5, 5.41) is 51.9. The number of carbonyl (C=O) groups excluding carboxylic acids is 1. The molecule has 5 aromatic carbocycles. The molecule has 7 rings (SSSR count). The fraction of sp³-hybridized carbons (Fsp3) is 0.114. The predicted octanol–water partition coefficient (Wildman–Crippen LogP) is 6.56. The molecule has 2 aliphatic heterocycles. The van der Waals surface area contributed by atoms with Crippen LogP contribution in [0, 0.1) is 0 Å². The summed E-state index contributed by atoms with van der Waals surface area (Å²) in [7, 11) is 0. The number of benzene rings is 5. The van der Waals surface area contributed by atoms with E-state index in [1.54, 1.807) is 84.9 Å². The molecule has 214 valence electrons. The molecule has 2 heterocycles. The molecule has 0 aromatic heterocycles. The Kier molecular flexibility index (Phi) is 6.13. The first-order chi connectivity index (χ1) is 20.8. The first-order valence-corrected chi connectivity index (χ1v) is 13.7. The van der Waals surface area contributed by atoms with Gasteiger partial charge in [-0.2, -0.15) is 0 Å². The maximum atomic E-state index is 11.8. The number of ether oxygens (including phenoxy) is 2. The smallest absolute Gasteiger partial charge is 0.150 e. The summed E-state index contributed by atoms with van der Waals surface area (Å²) in [5.41, 5.74) is 4.65. The summed E-state index contributed by atoms with van der Waals surface area (Å²) >= 11 is 0. The zero-order valence-electron chi connectivity index (χ0n) is 22.6. The highest BCUT2D eigenvalue weighted by Crippen LogP contribution is 2.58. The number of hydrogen-bond donors (Lipinski definition) is 5. The molecule has 0 saturated heterocycles. The second-order valence-electron chi connectivity index (χ2n) is 10.9. The summed E-state index contributed by atoms with van der Waals surface area (Å²) in [5.74, 6) is -0.194. The van der Waals surface area contributed by atoms with Gasteiger partial charge in [0.2, 0.25) is 0 Å². The topological polar surface area (TPSA) is 137 Å². The fourth-order valence-corrected chi connectivity index (χ4v) is 6.35. The molecule has 4 atom stereocenters.